The number of ether oxygens (including phenoxy) is 2. The summed E-state index contributed by atoms with van der Waals surface area (Å²) < 4.78 is 10.7. The molecule has 0 bridgehead atoms. The summed E-state index contributed by atoms with van der Waals surface area (Å²) in [5.74, 6) is 1.23. The second-order valence-electron chi connectivity index (χ2n) is 6.52. The van der Waals surface area contributed by atoms with Crippen LogP contribution in [0.3, 0.4) is 0 Å². The minimum absolute atomic E-state index is 0.0555. The van der Waals surface area contributed by atoms with E-state index in [4.69, 9.17) is 9.47 Å². The van der Waals surface area contributed by atoms with Crippen molar-refractivity contribution in [2.45, 2.75) is 18.3 Å². The van der Waals surface area contributed by atoms with Crippen molar-refractivity contribution in [3.63, 3.8) is 0 Å². The normalized spacial score (nSPS) is 19.4. The van der Waals surface area contributed by atoms with Crippen molar-refractivity contribution in [3.8, 4) is 11.5 Å². The Kier molecular flexibility index (Phi) is 5.42. The van der Waals surface area contributed by atoms with Crippen molar-refractivity contribution >= 4 is 5.91 Å². The van der Waals surface area contributed by atoms with Gasteiger partial charge in [-0.15, -0.1) is 0 Å². The van der Waals surface area contributed by atoms with E-state index in [1.165, 1.54) is 0 Å². The third-order valence-corrected chi connectivity index (χ3v) is 5.11. The number of carbonyl (C=O) groups is 1. The van der Waals surface area contributed by atoms with Gasteiger partial charge in [0.05, 0.1) is 14.2 Å². The fourth-order valence-corrected chi connectivity index (χ4v) is 3.66. The number of rotatable bonds is 6. The van der Waals surface area contributed by atoms with Crippen LogP contribution in [-0.2, 0) is 5.41 Å². The monoisotopic (exact) mass is 356 g/mol. The van der Waals surface area contributed by atoms with Gasteiger partial charge in [-0.3, -0.25) is 9.78 Å². The standard InChI is InChI=1S/C20H24N2O4/c1-25-17-7-6-15(13-18(17)26-2)20(9-12-23)8-11-22(14-20)19(24)16-5-3-4-10-21-16/h3-7,10,13,23H,8-9,11-12,14H2,1-2H3. The molecule has 0 saturated carbocycles. The Morgan fingerprint density at radius 3 is 2.69 bits per heavy atom. The summed E-state index contributed by atoms with van der Waals surface area (Å²) in [6, 6.07) is 11.1. The van der Waals surface area contributed by atoms with Crippen molar-refractivity contribution in [2.24, 2.45) is 0 Å². The number of pyridine rings is 1. The molecular formula is C20H24N2O4. The number of aliphatic hydroxyl groups is 1. The smallest absolute Gasteiger partial charge is 0.272 e. The molecular weight excluding hydrogens is 332 g/mol. The van der Waals surface area contributed by atoms with Crippen LogP contribution in [0.1, 0.15) is 28.9 Å². The van der Waals surface area contributed by atoms with Crippen molar-refractivity contribution in [1.82, 2.24) is 9.88 Å². The number of hydrogen-bond acceptors (Lipinski definition) is 5. The second-order valence-corrected chi connectivity index (χ2v) is 6.52. The number of methoxy groups -OCH3 is 2. The average Bonchev–Trinajstić information content (AvgIpc) is 3.13. The molecule has 1 aliphatic rings. The van der Waals surface area contributed by atoms with Gasteiger partial charge in [0.15, 0.2) is 11.5 Å². The largest absolute Gasteiger partial charge is 0.493 e. The highest BCUT2D eigenvalue weighted by atomic mass is 16.5. The number of aromatic nitrogens is 1. The molecule has 1 atom stereocenters. The van der Waals surface area contributed by atoms with E-state index in [0.29, 0.717) is 36.7 Å². The quantitative estimate of drug-likeness (QED) is 0.860. The fraction of sp³-hybridized carbons (Fsp3) is 0.400. The summed E-state index contributed by atoms with van der Waals surface area (Å²) in [6.45, 7) is 1.22. The summed E-state index contributed by atoms with van der Waals surface area (Å²) in [7, 11) is 3.20. The van der Waals surface area contributed by atoms with Gasteiger partial charge in [-0.05, 0) is 42.7 Å². The molecule has 26 heavy (non-hydrogen) atoms. The molecule has 1 amide bonds. The molecule has 0 aliphatic carbocycles. The highest BCUT2D eigenvalue weighted by Crippen LogP contribution is 2.41. The molecule has 1 N–H and O–H groups in total. The maximum Gasteiger partial charge on any atom is 0.272 e. The van der Waals surface area contributed by atoms with E-state index >= 15 is 0 Å². The Bertz CT molecular complexity index is 766. The van der Waals surface area contributed by atoms with Gasteiger partial charge in [0.25, 0.3) is 5.91 Å². The summed E-state index contributed by atoms with van der Waals surface area (Å²) in [5, 5.41) is 9.65. The van der Waals surface area contributed by atoms with E-state index in [-0.39, 0.29) is 17.9 Å². The third-order valence-electron chi connectivity index (χ3n) is 5.11. The lowest BCUT2D eigenvalue weighted by Gasteiger charge is -2.30. The molecule has 1 aromatic carbocycles. The van der Waals surface area contributed by atoms with Crippen LogP contribution in [-0.4, -0.2) is 54.8 Å². The molecule has 1 saturated heterocycles. The molecule has 3 rings (SSSR count). The number of carbonyl (C=O) groups excluding carboxylic acids is 1. The first-order chi connectivity index (χ1) is 12.6. The first kappa shape index (κ1) is 18.2. The average molecular weight is 356 g/mol. The van der Waals surface area contributed by atoms with Crippen LogP contribution in [0.25, 0.3) is 0 Å². The van der Waals surface area contributed by atoms with E-state index in [9.17, 15) is 9.90 Å². The van der Waals surface area contributed by atoms with E-state index in [1.54, 1.807) is 32.5 Å². The zero-order chi connectivity index (χ0) is 18.6. The van der Waals surface area contributed by atoms with E-state index in [0.717, 1.165) is 12.0 Å². The SMILES string of the molecule is COc1ccc(C2(CCO)CCN(C(=O)c3ccccn3)C2)cc1OC. The van der Waals surface area contributed by atoms with Gasteiger partial charge < -0.3 is 19.5 Å². The number of benzene rings is 1. The van der Waals surface area contributed by atoms with Crippen LogP contribution in [0.2, 0.25) is 0 Å². The second kappa shape index (κ2) is 7.74. The minimum Gasteiger partial charge on any atom is -0.493 e. The highest BCUT2D eigenvalue weighted by Gasteiger charge is 2.41. The Labute approximate surface area is 153 Å². The third kappa shape index (κ3) is 3.37. The van der Waals surface area contributed by atoms with Crippen molar-refractivity contribution < 1.29 is 19.4 Å². The molecule has 6 heteroatoms. The van der Waals surface area contributed by atoms with Crippen LogP contribution in [0.15, 0.2) is 42.6 Å². The maximum absolute atomic E-state index is 12.8. The topological polar surface area (TPSA) is 71.9 Å². The predicted octanol–water partition coefficient (Wildman–Crippen LogP) is 2.27. The molecule has 1 fully saturated rings. The Morgan fingerprint density at radius 2 is 2.04 bits per heavy atom. The van der Waals surface area contributed by atoms with E-state index < -0.39 is 0 Å². The molecule has 2 heterocycles. The lowest BCUT2D eigenvalue weighted by molar-refractivity contribution is 0.0773. The Hall–Kier alpha value is -2.60. The summed E-state index contributed by atoms with van der Waals surface area (Å²) >= 11 is 0. The fourth-order valence-electron chi connectivity index (χ4n) is 3.66. The number of likely N-dealkylation sites (tertiary alicyclic amines) is 1. The summed E-state index contributed by atoms with van der Waals surface area (Å²) in [4.78, 5) is 18.7. The van der Waals surface area contributed by atoms with Crippen molar-refractivity contribution in [1.29, 1.82) is 0 Å². The van der Waals surface area contributed by atoms with Crippen LogP contribution in [0, 0.1) is 0 Å². The minimum atomic E-state index is -0.307. The number of aliphatic hydroxyl groups excluding tert-OH is 1. The van der Waals surface area contributed by atoms with Gasteiger partial charge in [0, 0.05) is 31.3 Å². The molecule has 0 spiro atoms. The van der Waals surface area contributed by atoms with Gasteiger partial charge in [-0.1, -0.05) is 12.1 Å². The number of hydrogen-bond donors (Lipinski definition) is 1. The molecule has 2 aromatic rings. The zero-order valence-electron chi connectivity index (χ0n) is 15.1. The van der Waals surface area contributed by atoms with Crippen molar-refractivity contribution in [3.05, 3.63) is 53.9 Å². The number of amides is 1. The lowest BCUT2D eigenvalue weighted by Crippen LogP contribution is -2.35. The molecule has 6 nitrogen and oxygen atoms in total. The molecule has 1 unspecified atom stereocenters. The molecule has 138 valence electrons. The Balaban J connectivity index is 1.89. The molecule has 1 aliphatic heterocycles. The van der Waals surface area contributed by atoms with Gasteiger partial charge in [-0.25, -0.2) is 0 Å². The van der Waals surface area contributed by atoms with Crippen molar-refractivity contribution in [2.75, 3.05) is 33.9 Å². The van der Waals surface area contributed by atoms with Crippen LogP contribution in [0.4, 0.5) is 0 Å². The summed E-state index contributed by atoms with van der Waals surface area (Å²) in [5.41, 5.74) is 1.18. The van der Waals surface area contributed by atoms with Crippen LogP contribution >= 0.6 is 0 Å². The summed E-state index contributed by atoms with van der Waals surface area (Å²) in [6.07, 6.45) is 2.98. The maximum atomic E-state index is 12.8. The number of nitrogens with zero attached hydrogens (tertiary/aromatic N) is 2. The van der Waals surface area contributed by atoms with Crippen LogP contribution in [0.5, 0.6) is 11.5 Å². The van der Waals surface area contributed by atoms with Crippen LogP contribution < -0.4 is 9.47 Å². The van der Waals surface area contributed by atoms with E-state index in [2.05, 4.69) is 4.98 Å². The lowest BCUT2D eigenvalue weighted by atomic mass is 9.77. The van der Waals surface area contributed by atoms with Gasteiger partial charge in [-0.2, -0.15) is 0 Å². The zero-order valence-corrected chi connectivity index (χ0v) is 15.1. The first-order valence-corrected chi connectivity index (χ1v) is 8.67. The molecule has 1 aromatic heterocycles. The molecule has 0 radical (unpaired) electrons. The highest BCUT2D eigenvalue weighted by molar-refractivity contribution is 5.92. The Morgan fingerprint density at radius 1 is 1.23 bits per heavy atom. The van der Waals surface area contributed by atoms with E-state index in [1.807, 2.05) is 29.2 Å². The first-order valence-electron chi connectivity index (χ1n) is 8.67. The van der Waals surface area contributed by atoms with Gasteiger partial charge in [0.2, 0.25) is 0 Å². The van der Waals surface area contributed by atoms with Gasteiger partial charge >= 0.3 is 0 Å². The predicted molar refractivity (Wildman–Crippen MR) is 97.7 cm³/mol. The van der Waals surface area contributed by atoms with Gasteiger partial charge in [0.1, 0.15) is 5.69 Å².